The zero-order chi connectivity index (χ0) is 23.8. The highest BCUT2D eigenvalue weighted by Crippen LogP contribution is 2.27. The van der Waals surface area contributed by atoms with Crippen molar-refractivity contribution < 1.29 is 19.1 Å². The Hall–Kier alpha value is -3.55. The number of rotatable bonds is 11. The van der Waals surface area contributed by atoms with Crippen molar-refractivity contribution in [3.8, 4) is 11.5 Å². The minimum Gasteiger partial charge on any atom is -0.493 e. The molecule has 2 amide bonds. The van der Waals surface area contributed by atoms with Gasteiger partial charge >= 0.3 is 0 Å². The van der Waals surface area contributed by atoms with E-state index in [4.69, 9.17) is 9.47 Å². The molecule has 2 aromatic carbocycles. The summed E-state index contributed by atoms with van der Waals surface area (Å²) in [4.78, 5) is 32.4. The van der Waals surface area contributed by atoms with Gasteiger partial charge in [-0.25, -0.2) is 4.98 Å². The molecule has 1 heterocycles. The minimum absolute atomic E-state index is 0.0503. The first-order valence-electron chi connectivity index (χ1n) is 11.2. The molecule has 1 aromatic heterocycles. The highest BCUT2D eigenvalue weighted by atomic mass is 16.5. The lowest BCUT2D eigenvalue weighted by Gasteiger charge is -2.22. The number of benzene rings is 2. The highest BCUT2D eigenvalue weighted by molar-refractivity contribution is 5.95. The zero-order valence-electron chi connectivity index (χ0n) is 19.8. The van der Waals surface area contributed by atoms with Gasteiger partial charge in [-0.05, 0) is 43.2 Å². The summed E-state index contributed by atoms with van der Waals surface area (Å²) in [5, 5.41) is 2.91. The summed E-state index contributed by atoms with van der Waals surface area (Å²) in [6.45, 7) is 5.96. The molecule has 0 aliphatic heterocycles. The van der Waals surface area contributed by atoms with Crippen molar-refractivity contribution in [2.75, 3.05) is 27.3 Å². The number of imidazole rings is 1. The lowest BCUT2D eigenvalue weighted by Crippen LogP contribution is -2.35. The van der Waals surface area contributed by atoms with Gasteiger partial charge in [-0.1, -0.05) is 26.0 Å². The maximum atomic E-state index is 13.0. The number of nitrogens with zero attached hydrogens (tertiary/aromatic N) is 3. The van der Waals surface area contributed by atoms with E-state index < -0.39 is 0 Å². The van der Waals surface area contributed by atoms with E-state index in [1.807, 2.05) is 33.7 Å². The Balaban J connectivity index is 1.82. The van der Waals surface area contributed by atoms with E-state index in [2.05, 4.69) is 24.1 Å². The Bertz CT molecular complexity index is 1100. The molecule has 8 nitrogen and oxygen atoms in total. The summed E-state index contributed by atoms with van der Waals surface area (Å²) in [6.07, 6.45) is 1.81. The fourth-order valence-corrected chi connectivity index (χ4v) is 3.81. The first kappa shape index (κ1) is 24.1. The van der Waals surface area contributed by atoms with E-state index in [0.29, 0.717) is 22.9 Å². The van der Waals surface area contributed by atoms with Crippen LogP contribution < -0.4 is 14.8 Å². The smallest absolute Gasteiger partial charge is 0.251 e. The van der Waals surface area contributed by atoms with Crippen LogP contribution in [0.5, 0.6) is 11.5 Å². The summed E-state index contributed by atoms with van der Waals surface area (Å²) in [5.41, 5.74) is 2.11. The van der Waals surface area contributed by atoms with Crippen LogP contribution in [0.4, 0.5) is 0 Å². The molecule has 33 heavy (non-hydrogen) atoms. The molecule has 1 N–H and O–H groups in total. The fraction of sp³-hybridized carbons (Fsp3) is 0.400. The van der Waals surface area contributed by atoms with Crippen molar-refractivity contribution >= 4 is 22.8 Å². The molecular formula is C25H32N4O4. The minimum atomic E-state index is -0.264. The van der Waals surface area contributed by atoms with Gasteiger partial charge < -0.3 is 24.3 Å². The van der Waals surface area contributed by atoms with Crippen molar-refractivity contribution in [1.82, 2.24) is 19.8 Å². The summed E-state index contributed by atoms with van der Waals surface area (Å²) in [6, 6.07) is 12.7. The van der Waals surface area contributed by atoms with Crippen LogP contribution in [0.15, 0.2) is 42.5 Å². The van der Waals surface area contributed by atoms with E-state index in [-0.39, 0.29) is 24.9 Å². The van der Waals surface area contributed by atoms with Crippen molar-refractivity contribution in [1.29, 1.82) is 0 Å². The first-order valence-corrected chi connectivity index (χ1v) is 11.2. The molecule has 0 radical (unpaired) electrons. The van der Waals surface area contributed by atoms with Crippen LogP contribution >= 0.6 is 0 Å². The largest absolute Gasteiger partial charge is 0.493 e. The third-order valence-corrected chi connectivity index (χ3v) is 5.42. The van der Waals surface area contributed by atoms with Gasteiger partial charge in [0.2, 0.25) is 5.91 Å². The molecule has 0 spiro atoms. The van der Waals surface area contributed by atoms with Gasteiger partial charge in [0.1, 0.15) is 12.4 Å². The molecule has 3 rings (SSSR count). The third kappa shape index (κ3) is 5.63. The standard InChI is InChI=1S/C25H32N4O4/c1-5-13-28(14-6-2)24(30)17-29-20-10-8-7-9-19(20)27-23(29)16-26-25(31)18-11-12-21(32-3)22(15-18)33-4/h7-12,15H,5-6,13-14,16-17H2,1-4H3,(H,26,31). The number of amides is 2. The van der Waals surface area contributed by atoms with Gasteiger partial charge in [0.25, 0.3) is 5.91 Å². The first-order chi connectivity index (χ1) is 16.0. The topological polar surface area (TPSA) is 85.7 Å². The number of carbonyl (C=O) groups excluding carboxylic acids is 2. The number of ether oxygens (including phenoxy) is 2. The number of aromatic nitrogens is 2. The predicted octanol–water partition coefficient (Wildman–Crippen LogP) is 3.63. The SMILES string of the molecule is CCCN(CCC)C(=O)Cn1c(CNC(=O)c2ccc(OC)c(OC)c2)nc2ccccc21. The van der Waals surface area contributed by atoms with E-state index >= 15 is 0 Å². The Morgan fingerprint density at radius 3 is 2.36 bits per heavy atom. The van der Waals surface area contributed by atoms with Gasteiger partial charge in [0.05, 0.1) is 31.8 Å². The number of hydrogen-bond acceptors (Lipinski definition) is 5. The second kappa shape index (κ2) is 11.4. The monoisotopic (exact) mass is 452 g/mol. The maximum absolute atomic E-state index is 13.0. The Labute approximate surface area is 194 Å². The summed E-state index contributed by atoms with van der Waals surface area (Å²) >= 11 is 0. The number of nitrogens with one attached hydrogen (secondary N) is 1. The van der Waals surface area contributed by atoms with Gasteiger partial charge in [-0.15, -0.1) is 0 Å². The van der Waals surface area contributed by atoms with Crippen molar-refractivity contribution in [3.63, 3.8) is 0 Å². The number of para-hydroxylation sites is 2. The van der Waals surface area contributed by atoms with Crippen LogP contribution in [0.25, 0.3) is 11.0 Å². The fourth-order valence-electron chi connectivity index (χ4n) is 3.81. The van der Waals surface area contributed by atoms with Crippen LogP contribution in [0.2, 0.25) is 0 Å². The predicted molar refractivity (Wildman–Crippen MR) is 128 cm³/mol. The molecule has 0 aliphatic rings. The van der Waals surface area contributed by atoms with E-state index in [1.54, 1.807) is 25.3 Å². The molecule has 0 unspecified atom stereocenters. The summed E-state index contributed by atoms with van der Waals surface area (Å²) in [5.74, 6) is 1.45. The van der Waals surface area contributed by atoms with Crippen LogP contribution in [-0.4, -0.2) is 53.6 Å². The van der Waals surface area contributed by atoms with Crippen LogP contribution in [0.3, 0.4) is 0 Å². The molecule has 0 fully saturated rings. The average molecular weight is 453 g/mol. The van der Waals surface area contributed by atoms with Crippen molar-refractivity contribution in [2.45, 2.75) is 39.8 Å². The Kier molecular flexibility index (Phi) is 8.29. The molecule has 0 atom stereocenters. The molecule has 8 heteroatoms. The van der Waals surface area contributed by atoms with Gasteiger partial charge in [0, 0.05) is 18.7 Å². The van der Waals surface area contributed by atoms with E-state index in [0.717, 1.165) is 37.0 Å². The van der Waals surface area contributed by atoms with Gasteiger partial charge in [-0.2, -0.15) is 0 Å². The second-order valence-electron chi connectivity index (χ2n) is 7.74. The number of hydrogen-bond donors (Lipinski definition) is 1. The molecular weight excluding hydrogens is 420 g/mol. The van der Waals surface area contributed by atoms with E-state index in [1.165, 1.54) is 7.11 Å². The Morgan fingerprint density at radius 2 is 1.70 bits per heavy atom. The average Bonchev–Trinajstić information content (AvgIpc) is 3.19. The molecule has 0 bridgehead atoms. The van der Waals surface area contributed by atoms with Crippen molar-refractivity contribution in [3.05, 3.63) is 53.9 Å². The quantitative estimate of drug-likeness (QED) is 0.480. The summed E-state index contributed by atoms with van der Waals surface area (Å²) < 4.78 is 12.4. The molecule has 3 aromatic rings. The molecule has 0 aliphatic carbocycles. The lowest BCUT2D eigenvalue weighted by atomic mass is 10.2. The molecule has 0 saturated carbocycles. The van der Waals surface area contributed by atoms with Gasteiger partial charge in [-0.3, -0.25) is 9.59 Å². The molecule has 176 valence electrons. The third-order valence-electron chi connectivity index (χ3n) is 5.42. The Morgan fingerprint density at radius 1 is 1.00 bits per heavy atom. The lowest BCUT2D eigenvalue weighted by molar-refractivity contribution is -0.131. The van der Waals surface area contributed by atoms with Crippen molar-refractivity contribution in [2.24, 2.45) is 0 Å². The van der Waals surface area contributed by atoms with Crippen LogP contribution in [0.1, 0.15) is 42.9 Å². The highest BCUT2D eigenvalue weighted by Gasteiger charge is 2.18. The summed E-state index contributed by atoms with van der Waals surface area (Å²) in [7, 11) is 3.07. The zero-order valence-corrected chi connectivity index (χ0v) is 19.8. The second-order valence-corrected chi connectivity index (χ2v) is 7.74. The van der Waals surface area contributed by atoms with E-state index in [9.17, 15) is 9.59 Å². The number of methoxy groups -OCH3 is 2. The number of carbonyl (C=O) groups is 2. The van der Waals surface area contributed by atoms with Gasteiger partial charge in [0.15, 0.2) is 11.5 Å². The number of fused-ring (bicyclic) bond motifs is 1. The maximum Gasteiger partial charge on any atom is 0.251 e. The molecule has 0 saturated heterocycles. The normalized spacial score (nSPS) is 10.8. The van der Waals surface area contributed by atoms with Crippen LogP contribution in [-0.2, 0) is 17.9 Å². The van der Waals surface area contributed by atoms with Crippen LogP contribution in [0, 0.1) is 0 Å².